The number of hydrogen-bond acceptors (Lipinski definition) is 2. The van der Waals surface area contributed by atoms with Crippen LogP contribution in [0.25, 0.3) is 0 Å². The van der Waals surface area contributed by atoms with Crippen molar-refractivity contribution in [2.24, 2.45) is 0 Å². The molecule has 0 radical (unpaired) electrons. The van der Waals surface area contributed by atoms with Gasteiger partial charge in [0.05, 0.1) is 0 Å². The Hall–Kier alpha value is -1.78. The first-order chi connectivity index (χ1) is 11.2. The Morgan fingerprint density at radius 1 is 0.957 bits per heavy atom. The summed E-state index contributed by atoms with van der Waals surface area (Å²) in [6, 6.07) is 18.4. The minimum atomic E-state index is 0.775. The molecule has 0 atom stereocenters. The number of halogens is 1. The van der Waals surface area contributed by atoms with Crippen molar-refractivity contribution < 1.29 is 0 Å². The molecule has 2 aromatic carbocycles. The lowest BCUT2D eigenvalue weighted by atomic mass is 10.2. The molecular formula is C18H20ClN3S. The second-order valence-corrected chi connectivity index (χ2v) is 6.42. The minimum absolute atomic E-state index is 0.775. The van der Waals surface area contributed by atoms with Gasteiger partial charge in [-0.15, -0.1) is 0 Å². The van der Waals surface area contributed by atoms with Crippen LogP contribution < -0.4 is 10.2 Å². The third kappa shape index (κ3) is 4.36. The first-order valence-corrected chi connectivity index (χ1v) is 8.58. The third-order valence-corrected chi connectivity index (χ3v) is 4.70. The van der Waals surface area contributed by atoms with E-state index in [4.69, 9.17) is 23.8 Å². The number of piperazine rings is 1. The van der Waals surface area contributed by atoms with Gasteiger partial charge in [-0.1, -0.05) is 41.9 Å². The van der Waals surface area contributed by atoms with Crippen LogP contribution in [0.15, 0.2) is 54.6 Å². The van der Waals surface area contributed by atoms with Crippen LogP contribution in [0.4, 0.5) is 5.69 Å². The van der Waals surface area contributed by atoms with E-state index in [1.165, 1.54) is 11.3 Å². The van der Waals surface area contributed by atoms with Crippen LogP contribution in [0.1, 0.15) is 5.56 Å². The second-order valence-electron chi connectivity index (χ2n) is 5.59. The Morgan fingerprint density at radius 2 is 1.61 bits per heavy atom. The maximum Gasteiger partial charge on any atom is 0.169 e. The topological polar surface area (TPSA) is 18.5 Å². The van der Waals surface area contributed by atoms with Gasteiger partial charge in [0.15, 0.2) is 5.11 Å². The fourth-order valence-corrected chi connectivity index (χ4v) is 3.09. The van der Waals surface area contributed by atoms with Crippen molar-refractivity contribution in [2.45, 2.75) is 6.54 Å². The molecule has 3 nitrogen and oxygen atoms in total. The fraction of sp³-hybridized carbons (Fsp3) is 0.278. The molecular weight excluding hydrogens is 326 g/mol. The summed E-state index contributed by atoms with van der Waals surface area (Å²) in [7, 11) is 0. The zero-order valence-electron chi connectivity index (χ0n) is 12.9. The molecule has 1 saturated heterocycles. The summed E-state index contributed by atoms with van der Waals surface area (Å²) < 4.78 is 0. The number of nitrogens with zero attached hydrogens (tertiary/aromatic N) is 2. The van der Waals surface area contributed by atoms with Gasteiger partial charge in [-0.3, -0.25) is 0 Å². The molecule has 0 unspecified atom stereocenters. The molecule has 0 amide bonds. The van der Waals surface area contributed by atoms with Crippen LogP contribution in [-0.4, -0.2) is 36.2 Å². The van der Waals surface area contributed by atoms with E-state index in [1.54, 1.807) is 0 Å². The number of nitrogens with one attached hydrogen (secondary N) is 1. The van der Waals surface area contributed by atoms with E-state index in [0.717, 1.165) is 42.9 Å². The van der Waals surface area contributed by atoms with E-state index in [1.807, 2.05) is 30.3 Å². The molecule has 0 spiro atoms. The predicted molar refractivity (Wildman–Crippen MR) is 101 cm³/mol. The molecule has 2 aromatic rings. The Kier molecular flexibility index (Phi) is 5.36. The minimum Gasteiger partial charge on any atom is -0.368 e. The summed E-state index contributed by atoms with van der Waals surface area (Å²) >= 11 is 11.5. The quantitative estimate of drug-likeness (QED) is 0.857. The van der Waals surface area contributed by atoms with Crippen LogP contribution in [0.5, 0.6) is 0 Å². The Balaban J connectivity index is 1.48. The van der Waals surface area contributed by atoms with Crippen molar-refractivity contribution in [1.82, 2.24) is 10.2 Å². The van der Waals surface area contributed by atoms with Gasteiger partial charge in [-0.05, 0) is 42.0 Å². The molecule has 0 bridgehead atoms. The third-order valence-electron chi connectivity index (χ3n) is 4.05. The predicted octanol–water partition coefficient (Wildman–Crippen LogP) is 3.54. The smallest absolute Gasteiger partial charge is 0.169 e. The summed E-state index contributed by atoms with van der Waals surface area (Å²) in [5.74, 6) is 0. The van der Waals surface area contributed by atoms with Gasteiger partial charge < -0.3 is 15.1 Å². The van der Waals surface area contributed by atoms with Crippen LogP contribution >= 0.6 is 23.8 Å². The maximum atomic E-state index is 5.95. The largest absolute Gasteiger partial charge is 0.368 e. The second kappa shape index (κ2) is 7.66. The molecule has 1 fully saturated rings. The summed E-state index contributed by atoms with van der Waals surface area (Å²) in [6.07, 6.45) is 0. The van der Waals surface area contributed by atoms with Crippen LogP contribution in [0, 0.1) is 0 Å². The number of thiocarbonyl (C=S) groups is 1. The van der Waals surface area contributed by atoms with Gasteiger partial charge in [0.2, 0.25) is 0 Å². The molecule has 120 valence electrons. The number of rotatable bonds is 3. The van der Waals surface area contributed by atoms with E-state index < -0.39 is 0 Å². The Labute approximate surface area is 147 Å². The molecule has 1 heterocycles. The van der Waals surface area contributed by atoms with E-state index in [9.17, 15) is 0 Å². The zero-order chi connectivity index (χ0) is 16.1. The monoisotopic (exact) mass is 345 g/mol. The Bertz CT molecular complexity index is 637. The molecule has 5 heteroatoms. The average Bonchev–Trinajstić information content (AvgIpc) is 2.61. The maximum absolute atomic E-state index is 5.95. The van der Waals surface area contributed by atoms with Crippen molar-refractivity contribution in [3.8, 4) is 0 Å². The lowest BCUT2D eigenvalue weighted by Crippen LogP contribution is -2.51. The first-order valence-electron chi connectivity index (χ1n) is 7.79. The van der Waals surface area contributed by atoms with E-state index in [0.29, 0.717) is 0 Å². The number of anilines is 1. The molecule has 0 aromatic heterocycles. The number of hydrogen-bond donors (Lipinski definition) is 1. The van der Waals surface area contributed by atoms with Gasteiger partial charge in [0.25, 0.3) is 0 Å². The SMILES string of the molecule is S=C(NCc1ccccc1)N1CCN(c2ccc(Cl)cc2)CC1. The highest BCUT2D eigenvalue weighted by atomic mass is 35.5. The summed E-state index contributed by atoms with van der Waals surface area (Å²) in [5, 5.41) is 4.97. The molecule has 3 rings (SSSR count). The lowest BCUT2D eigenvalue weighted by molar-refractivity contribution is 0.380. The fourth-order valence-electron chi connectivity index (χ4n) is 2.70. The van der Waals surface area contributed by atoms with Gasteiger partial charge in [-0.25, -0.2) is 0 Å². The molecule has 0 aliphatic carbocycles. The highest BCUT2D eigenvalue weighted by molar-refractivity contribution is 7.80. The van der Waals surface area contributed by atoms with Gasteiger partial charge in [0, 0.05) is 43.4 Å². The van der Waals surface area contributed by atoms with Crippen molar-refractivity contribution in [1.29, 1.82) is 0 Å². The Morgan fingerprint density at radius 3 is 2.26 bits per heavy atom. The van der Waals surface area contributed by atoms with Crippen molar-refractivity contribution in [2.75, 3.05) is 31.1 Å². The van der Waals surface area contributed by atoms with Crippen molar-refractivity contribution >= 4 is 34.6 Å². The van der Waals surface area contributed by atoms with Gasteiger partial charge in [-0.2, -0.15) is 0 Å². The molecule has 1 aliphatic rings. The number of benzene rings is 2. The van der Waals surface area contributed by atoms with Crippen LogP contribution in [0.2, 0.25) is 5.02 Å². The summed E-state index contributed by atoms with van der Waals surface area (Å²) in [4.78, 5) is 4.61. The summed E-state index contributed by atoms with van der Waals surface area (Å²) in [6.45, 7) is 4.58. The van der Waals surface area contributed by atoms with Crippen molar-refractivity contribution in [3.63, 3.8) is 0 Å². The highest BCUT2D eigenvalue weighted by Crippen LogP contribution is 2.19. The first kappa shape index (κ1) is 16.1. The molecule has 0 saturated carbocycles. The molecule has 1 aliphatic heterocycles. The zero-order valence-corrected chi connectivity index (χ0v) is 14.5. The standard InChI is InChI=1S/C18H20ClN3S/c19-16-6-8-17(9-7-16)21-10-12-22(13-11-21)18(23)20-14-15-4-2-1-3-5-15/h1-9H,10-14H2,(H,20,23). The van der Waals surface area contributed by atoms with Gasteiger partial charge in [0.1, 0.15) is 0 Å². The highest BCUT2D eigenvalue weighted by Gasteiger charge is 2.18. The van der Waals surface area contributed by atoms with Crippen LogP contribution in [0.3, 0.4) is 0 Å². The van der Waals surface area contributed by atoms with E-state index in [-0.39, 0.29) is 0 Å². The molecule has 23 heavy (non-hydrogen) atoms. The normalized spacial score (nSPS) is 14.7. The molecule has 1 N–H and O–H groups in total. The van der Waals surface area contributed by atoms with Crippen LogP contribution in [-0.2, 0) is 6.54 Å². The van der Waals surface area contributed by atoms with Gasteiger partial charge >= 0.3 is 0 Å². The lowest BCUT2D eigenvalue weighted by Gasteiger charge is -2.37. The summed E-state index contributed by atoms with van der Waals surface area (Å²) in [5.41, 5.74) is 2.46. The van der Waals surface area contributed by atoms with E-state index >= 15 is 0 Å². The average molecular weight is 346 g/mol. The van der Waals surface area contributed by atoms with E-state index in [2.05, 4.69) is 39.4 Å². The van der Waals surface area contributed by atoms with Crippen molar-refractivity contribution in [3.05, 3.63) is 65.2 Å².